The minimum absolute atomic E-state index is 0.0975. The highest BCUT2D eigenvalue weighted by Gasteiger charge is 2.30. The fourth-order valence-electron chi connectivity index (χ4n) is 2.62. The molecule has 2 heterocycles. The van der Waals surface area contributed by atoms with Crippen molar-refractivity contribution in [2.45, 2.75) is 23.8 Å². The highest BCUT2D eigenvalue weighted by Crippen LogP contribution is 2.20. The Morgan fingerprint density at radius 3 is 2.75 bits per heavy atom. The molecule has 1 aromatic carbocycles. The van der Waals surface area contributed by atoms with E-state index in [0.717, 1.165) is 17.8 Å². The van der Waals surface area contributed by atoms with E-state index in [1.165, 1.54) is 22.8 Å². The second-order valence-corrected chi connectivity index (χ2v) is 7.49. The van der Waals surface area contributed by atoms with Gasteiger partial charge in [-0.25, -0.2) is 22.8 Å². The molecule has 1 atom stereocenters. The molecule has 0 radical (unpaired) electrons. The van der Waals surface area contributed by atoms with Gasteiger partial charge in [-0.2, -0.15) is 4.31 Å². The third-order valence-corrected chi connectivity index (χ3v) is 5.80. The summed E-state index contributed by atoms with van der Waals surface area (Å²) in [4.78, 5) is 8.12. The zero-order chi connectivity index (χ0) is 17.0. The number of ether oxygens (including phenoxy) is 1. The average Bonchev–Trinajstić information content (AvgIpc) is 2.61. The average molecular weight is 351 g/mol. The first-order valence-corrected chi connectivity index (χ1v) is 9.12. The van der Waals surface area contributed by atoms with Crippen LogP contribution in [0.3, 0.4) is 0 Å². The van der Waals surface area contributed by atoms with E-state index in [0.29, 0.717) is 26.0 Å². The summed E-state index contributed by atoms with van der Waals surface area (Å²) in [5.74, 6) is -0.460. The number of aryl methyl sites for hydroxylation is 1. The Hall–Kier alpha value is -1.90. The van der Waals surface area contributed by atoms with E-state index < -0.39 is 15.8 Å². The Morgan fingerprint density at radius 1 is 1.25 bits per heavy atom. The van der Waals surface area contributed by atoms with E-state index in [1.807, 2.05) is 6.07 Å². The van der Waals surface area contributed by atoms with Gasteiger partial charge in [0.05, 0.1) is 17.6 Å². The monoisotopic (exact) mass is 351 g/mol. The van der Waals surface area contributed by atoms with E-state index in [-0.39, 0.29) is 17.5 Å². The first-order valence-electron chi connectivity index (χ1n) is 7.68. The third kappa shape index (κ3) is 3.95. The quantitative estimate of drug-likeness (QED) is 0.819. The van der Waals surface area contributed by atoms with E-state index >= 15 is 0 Å². The molecular formula is C16H18FN3O3S. The van der Waals surface area contributed by atoms with Crippen LogP contribution in [0, 0.1) is 5.82 Å². The molecular weight excluding hydrogens is 333 g/mol. The summed E-state index contributed by atoms with van der Waals surface area (Å²) in [7, 11) is -3.63. The molecule has 0 unspecified atom stereocenters. The molecule has 128 valence electrons. The summed E-state index contributed by atoms with van der Waals surface area (Å²) in [5.41, 5.74) is 0.895. The van der Waals surface area contributed by atoms with Gasteiger partial charge in [0.25, 0.3) is 0 Å². The van der Waals surface area contributed by atoms with Crippen LogP contribution in [0.15, 0.2) is 47.8 Å². The number of sulfonamides is 1. The minimum Gasteiger partial charge on any atom is -0.375 e. The molecule has 1 aliphatic rings. The van der Waals surface area contributed by atoms with Crippen LogP contribution in [-0.2, 0) is 21.2 Å². The van der Waals surface area contributed by atoms with Crippen molar-refractivity contribution < 1.29 is 17.5 Å². The maximum Gasteiger partial charge on any atom is 0.243 e. The second kappa shape index (κ2) is 7.33. The standard InChI is InChI=1S/C16H18FN3O3S/c17-13-1-5-16(6-2-13)24(21,22)20-9-10-23-15(11-20)4-3-14-7-8-18-12-19-14/h1-2,5-8,12,15H,3-4,9-11H2/t15-/m1/s1. The molecule has 24 heavy (non-hydrogen) atoms. The van der Waals surface area contributed by atoms with Gasteiger partial charge in [-0.05, 0) is 43.2 Å². The van der Waals surface area contributed by atoms with Gasteiger partial charge in [0.1, 0.15) is 12.1 Å². The first kappa shape index (κ1) is 16.9. The fraction of sp³-hybridized carbons (Fsp3) is 0.375. The van der Waals surface area contributed by atoms with Crippen molar-refractivity contribution in [3.8, 4) is 0 Å². The molecule has 0 bridgehead atoms. The molecule has 2 aromatic rings. The zero-order valence-corrected chi connectivity index (χ0v) is 13.8. The number of benzene rings is 1. The normalized spacial score (nSPS) is 19.3. The maximum absolute atomic E-state index is 13.0. The molecule has 8 heteroatoms. The number of rotatable bonds is 5. The SMILES string of the molecule is O=S(=O)(c1ccc(F)cc1)N1CCO[C@H](CCc2ccncn2)C1. The summed E-state index contributed by atoms with van der Waals surface area (Å²) in [6, 6.07) is 6.71. The number of hydrogen-bond donors (Lipinski definition) is 0. The summed E-state index contributed by atoms with van der Waals surface area (Å²) >= 11 is 0. The summed E-state index contributed by atoms with van der Waals surface area (Å²) in [6.45, 7) is 0.920. The summed E-state index contributed by atoms with van der Waals surface area (Å²) in [6.07, 6.45) is 4.34. The number of nitrogens with zero attached hydrogens (tertiary/aromatic N) is 3. The Morgan fingerprint density at radius 2 is 2.04 bits per heavy atom. The minimum atomic E-state index is -3.63. The zero-order valence-electron chi connectivity index (χ0n) is 13.0. The first-order chi connectivity index (χ1) is 11.6. The van der Waals surface area contributed by atoms with Gasteiger partial charge in [-0.3, -0.25) is 0 Å². The van der Waals surface area contributed by atoms with E-state index in [9.17, 15) is 12.8 Å². The van der Waals surface area contributed by atoms with Crippen molar-refractivity contribution in [1.29, 1.82) is 0 Å². The topological polar surface area (TPSA) is 72.4 Å². The van der Waals surface area contributed by atoms with E-state index in [4.69, 9.17) is 4.74 Å². The van der Waals surface area contributed by atoms with Gasteiger partial charge in [0, 0.05) is 25.0 Å². The largest absolute Gasteiger partial charge is 0.375 e. The lowest BCUT2D eigenvalue weighted by molar-refractivity contribution is -0.00538. The van der Waals surface area contributed by atoms with Crippen LogP contribution < -0.4 is 0 Å². The maximum atomic E-state index is 13.0. The lowest BCUT2D eigenvalue weighted by atomic mass is 10.1. The van der Waals surface area contributed by atoms with E-state index in [1.54, 1.807) is 6.20 Å². The Balaban J connectivity index is 1.65. The van der Waals surface area contributed by atoms with Crippen LogP contribution in [0.2, 0.25) is 0 Å². The molecule has 0 aliphatic carbocycles. The Kier molecular flexibility index (Phi) is 5.17. The van der Waals surface area contributed by atoms with Crippen molar-refractivity contribution in [2.75, 3.05) is 19.7 Å². The van der Waals surface area contributed by atoms with Crippen LogP contribution in [0.4, 0.5) is 4.39 Å². The van der Waals surface area contributed by atoms with Crippen LogP contribution in [-0.4, -0.2) is 48.5 Å². The summed E-state index contributed by atoms with van der Waals surface area (Å²) in [5, 5.41) is 0. The van der Waals surface area contributed by atoms with Gasteiger partial charge >= 0.3 is 0 Å². The highest BCUT2D eigenvalue weighted by atomic mass is 32.2. The van der Waals surface area contributed by atoms with Gasteiger partial charge in [-0.1, -0.05) is 0 Å². The smallest absolute Gasteiger partial charge is 0.243 e. The lowest BCUT2D eigenvalue weighted by Gasteiger charge is -2.32. The lowest BCUT2D eigenvalue weighted by Crippen LogP contribution is -2.45. The van der Waals surface area contributed by atoms with Gasteiger partial charge < -0.3 is 4.74 Å². The molecule has 0 N–H and O–H groups in total. The van der Waals surface area contributed by atoms with Gasteiger partial charge in [0.15, 0.2) is 0 Å². The van der Waals surface area contributed by atoms with Crippen molar-refractivity contribution >= 4 is 10.0 Å². The molecule has 0 spiro atoms. The van der Waals surface area contributed by atoms with Crippen LogP contribution >= 0.6 is 0 Å². The van der Waals surface area contributed by atoms with E-state index in [2.05, 4.69) is 9.97 Å². The molecule has 1 aromatic heterocycles. The van der Waals surface area contributed by atoms with Gasteiger partial charge in [-0.15, -0.1) is 0 Å². The number of halogens is 1. The predicted molar refractivity (Wildman–Crippen MR) is 85.3 cm³/mol. The van der Waals surface area contributed by atoms with Gasteiger partial charge in [0.2, 0.25) is 10.0 Å². The molecule has 1 aliphatic heterocycles. The molecule has 0 saturated carbocycles. The number of morpholine rings is 1. The van der Waals surface area contributed by atoms with Crippen LogP contribution in [0.5, 0.6) is 0 Å². The fourth-order valence-corrected chi connectivity index (χ4v) is 4.07. The number of hydrogen-bond acceptors (Lipinski definition) is 5. The Bertz CT molecular complexity index is 769. The molecule has 3 rings (SSSR count). The number of aromatic nitrogens is 2. The summed E-state index contributed by atoms with van der Waals surface area (Å²) < 4.78 is 45.4. The van der Waals surface area contributed by atoms with Crippen molar-refractivity contribution in [1.82, 2.24) is 14.3 Å². The molecule has 1 fully saturated rings. The molecule has 6 nitrogen and oxygen atoms in total. The Labute approximate surface area is 140 Å². The second-order valence-electron chi connectivity index (χ2n) is 5.55. The van der Waals surface area contributed by atoms with Crippen LogP contribution in [0.25, 0.3) is 0 Å². The molecule has 0 amide bonds. The molecule has 1 saturated heterocycles. The highest BCUT2D eigenvalue weighted by molar-refractivity contribution is 7.89. The van der Waals surface area contributed by atoms with Crippen molar-refractivity contribution in [2.24, 2.45) is 0 Å². The third-order valence-electron chi connectivity index (χ3n) is 3.92. The van der Waals surface area contributed by atoms with Crippen molar-refractivity contribution in [3.63, 3.8) is 0 Å². The van der Waals surface area contributed by atoms with Crippen molar-refractivity contribution in [3.05, 3.63) is 54.4 Å². The van der Waals surface area contributed by atoms with Crippen LogP contribution in [0.1, 0.15) is 12.1 Å². The predicted octanol–water partition coefficient (Wildman–Crippen LogP) is 1.64.